The van der Waals surface area contributed by atoms with Gasteiger partial charge in [0.05, 0.1) is 19.6 Å². The van der Waals surface area contributed by atoms with Crippen LogP contribution in [0.25, 0.3) is 0 Å². The van der Waals surface area contributed by atoms with Crippen LogP contribution >= 0.6 is 0 Å². The SMILES string of the molecule is COc1cccc(CC(=O)NC(CN2CCCC2)c2ccccc2)c1. The number of likely N-dealkylation sites (tertiary alicyclic amines) is 1. The van der Waals surface area contributed by atoms with Crippen molar-refractivity contribution in [1.29, 1.82) is 0 Å². The molecule has 1 saturated heterocycles. The summed E-state index contributed by atoms with van der Waals surface area (Å²) in [6, 6.07) is 18.0. The van der Waals surface area contributed by atoms with E-state index < -0.39 is 0 Å². The topological polar surface area (TPSA) is 41.6 Å². The average Bonchev–Trinajstić information content (AvgIpc) is 3.15. The molecule has 2 aromatic carbocycles. The van der Waals surface area contributed by atoms with Crippen molar-refractivity contribution in [3.63, 3.8) is 0 Å². The van der Waals surface area contributed by atoms with E-state index in [0.29, 0.717) is 6.42 Å². The van der Waals surface area contributed by atoms with Crippen LogP contribution in [0.1, 0.15) is 30.0 Å². The molecule has 0 bridgehead atoms. The number of amides is 1. The number of hydrogen-bond donors (Lipinski definition) is 1. The third kappa shape index (κ3) is 5.07. The molecule has 1 N–H and O–H groups in total. The molecule has 1 atom stereocenters. The predicted octanol–water partition coefficient (Wildman–Crippen LogP) is 3.19. The largest absolute Gasteiger partial charge is 0.497 e. The predicted molar refractivity (Wildman–Crippen MR) is 99.7 cm³/mol. The Balaban J connectivity index is 1.66. The Morgan fingerprint density at radius 1 is 1.12 bits per heavy atom. The van der Waals surface area contributed by atoms with Crippen LogP contribution in [0, 0.1) is 0 Å². The molecule has 0 radical (unpaired) electrons. The molecule has 1 unspecified atom stereocenters. The Morgan fingerprint density at radius 2 is 1.88 bits per heavy atom. The lowest BCUT2D eigenvalue weighted by molar-refractivity contribution is -0.121. The number of benzene rings is 2. The second kappa shape index (κ2) is 8.67. The Labute approximate surface area is 149 Å². The van der Waals surface area contributed by atoms with Gasteiger partial charge in [0.1, 0.15) is 5.75 Å². The van der Waals surface area contributed by atoms with E-state index in [0.717, 1.165) is 36.5 Å². The molecule has 0 aromatic heterocycles. The summed E-state index contributed by atoms with van der Waals surface area (Å²) in [6.07, 6.45) is 2.86. The average molecular weight is 338 g/mol. The van der Waals surface area contributed by atoms with Crippen molar-refractivity contribution >= 4 is 5.91 Å². The van der Waals surface area contributed by atoms with Gasteiger partial charge in [0.2, 0.25) is 5.91 Å². The molecule has 3 rings (SSSR count). The number of methoxy groups -OCH3 is 1. The van der Waals surface area contributed by atoms with Gasteiger partial charge in [0.15, 0.2) is 0 Å². The molecule has 0 spiro atoms. The monoisotopic (exact) mass is 338 g/mol. The fourth-order valence-electron chi connectivity index (χ4n) is 3.36. The summed E-state index contributed by atoms with van der Waals surface area (Å²) in [6.45, 7) is 3.11. The second-order valence-electron chi connectivity index (χ2n) is 6.57. The summed E-state index contributed by atoms with van der Waals surface area (Å²) in [5.41, 5.74) is 2.12. The van der Waals surface area contributed by atoms with Crippen LogP contribution in [0.3, 0.4) is 0 Å². The molecular formula is C21H26N2O2. The van der Waals surface area contributed by atoms with E-state index in [-0.39, 0.29) is 11.9 Å². The molecule has 1 aliphatic heterocycles. The Hall–Kier alpha value is -2.33. The number of hydrogen-bond acceptors (Lipinski definition) is 3. The molecular weight excluding hydrogens is 312 g/mol. The first kappa shape index (κ1) is 17.5. The highest BCUT2D eigenvalue weighted by molar-refractivity contribution is 5.79. The number of nitrogens with zero attached hydrogens (tertiary/aromatic N) is 1. The zero-order valence-corrected chi connectivity index (χ0v) is 14.8. The number of carbonyl (C=O) groups is 1. The maximum atomic E-state index is 12.6. The summed E-state index contributed by atoms with van der Waals surface area (Å²) in [4.78, 5) is 15.0. The minimum atomic E-state index is 0.0254. The fourth-order valence-corrected chi connectivity index (χ4v) is 3.36. The highest BCUT2D eigenvalue weighted by Crippen LogP contribution is 2.18. The van der Waals surface area contributed by atoms with E-state index >= 15 is 0 Å². The number of carbonyl (C=O) groups excluding carboxylic acids is 1. The summed E-state index contributed by atoms with van der Waals surface area (Å²) in [5, 5.41) is 3.22. The van der Waals surface area contributed by atoms with Gasteiger partial charge in [-0.15, -0.1) is 0 Å². The highest BCUT2D eigenvalue weighted by atomic mass is 16.5. The van der Waals surface area contributed by atoms with Gasteiger partial charge < -0.3 is 15.0 Å². The first-order chi connectivity index (χ1) is 12.2. The first-order valence-electron chi connectivity index (χ1n) is 8.94. The van der Waals surface area contributed by atoms with Gasteiger partial charge in [-0.05, 0) is 49.2 Å². The summed E-state index contributed by atoms with van der Waals surface area (Å²) >= 11 is 0. The number of rotatable bonds is 7. The fraction of sp³-hybridized carbons (Fsp3) is 0.381. The minimum absolute atomic E-state index is 0.0254. The molecule has 4 heteroatoms. The van der Waals surface area contributed by atoms with Gasteiger partial charge in [-0.3, -0.25) is 4.79 Å². The summed E-state index contributed by atoms with van der Waals surface area (Å²) in [7, 11) is 1.64. The number of nitrogens with one attached hydrogen (secondary N) is 1. The molecule has 1 heterocycles. The molecule has 25 heavy (non-hydrogen) atoms. The van der Waals surface area contributed by atoms with Gasteiger partial charge in [-0.2, -0.15) is 0 Å². The quantitative estimate of drug-likeness (QED) is 0.843. The van der Waals surface area contributed by atoms with Crippen LogP contribution in [0.2, 0.25) is 0 Å². The Morgan fingerprint density at radius 3 is 2.60 bits per heavy atom. The third-order valence-corrected chi connectivity index (χ3v) is 4.68. The van der Waals surface area contributed by atoms with Crippen LogP contribution in [0.5, 0.6) is 5.75 Å². The molecule has 0 aliphatic carbocycles. The summed E-state index contributed by atoms with van der Waals surface area (Å²) < 4.78 is 5.24. The maximum Gasteiger partial charge on any atom is 0.224 e. The van der Waals surface area contributed by atoms with E-state index in [1.165, 1.54) is 12.8 Å². The van der Waals surface area contributed by atoms with Crippen molar-refractivity contribution in [1.82, 2.24) is 10.2 Å². The van der Waals surface area contributed by atoms with E-state index in [1.54, 1.807) is 7.11 Å². The van der Waals surface area contributed by atoms with Crippen LogP contribution in [-0.4, -0.2) is 37.6 Å². The van der Waals surface area contributed by atoms with E-state index in [9.17, 15) is 4.79 Å². The summed E-state index contributed by atoms with van der Waals surface area (Å²) in [5.74, 6) is 0.822. The second-order valence-corrected chi connectivity index (χ2v) is 6.57. The Kier molecular flexibility index (Phi) is 6.07. The molecule has 132 valence electrons. The van der Waals surface area contributed by atoms with Crippen molar-refractivity contribution < 1.29 is 9.53 Å². The van der Waals surface area contributed by atoms with Crippen molar-refractivity contribution in [3.05, 3.63) is 65.7 Å². The van der Waals surface area contributed by atoms with Crippen LogP contribution in [-0.2, 0) is 11.2 Å². The van der Waals surface area contributed by atoms with Crippen LogP contribution in [0.4, 0.5) is 0 Å². The molecule has 1 amide bonds. The van der Waals surface area contributed by atoms with Gasteiger partial charge in [0.25, 0.3) is 0 Å². The zero-order chi connectivity index (χ0) is 17.5. The van der Waals surface area contributed by atoms with Gasteiger partial charge >= 0.3 is 0 Å². The molecule has 0 saturated carbocycles. The van der Waals surface area contributed by atoms with Gasteiger partial charge in [-0.25, -0.2) is 0 Å². The molecule has 1 fully saturated rings. The zero-order valence-electron chi connectivity index (χ0n) is 14.8. The van der Waals surface area contributed by atoms with Crippen molar-refractivity contribution in [2.45, 2.75) is 25.3 Å². The lowest BCUT2D eigenvalue weighted by Gasteiger charge is -2.25. The third-order valence-electron chi connectivity index (χ3n) is 4.68. The minimum Gasteiger partial charge on any atom is -0.497 e. The van der Waals surface area contributed by atoms with E-state index in [2.05, 4.69) is 22.3 Å². The van der Waals surface area contributed by atoms with Crippen molar-refractivity contribution in [2.75, 3.05) is 26.7 Å². The Bertz CT molecular complexity index is 681. The molecule has 2 aromatic rings. The van der Waals surface area contributed by atoms with Gasteiger partial charge in [0, 0.05) is 6.54 Å². The maximum absolute atomic E-state index is 12.6. The number of ether oxygens (including phenoxy) is 1. The standard InChI is InChI=1S/C21H26N2O2/c1-25-19-11-7-8-17(14-19)15-21(24)22-20(16-23-12-5-6-13-23)18-9-3-2-4-10-18/h2-4,7-11,14,20H,5-6,12-13,15-16H2,1H3,(H,22,24). The highest BCUT2D eigenvalue weighted by Gasteiger charge is 2.20. The van der Waals surface area contributed by atoms with Crippen LogP contribution in [0.15, 0.2) is 54.6 Å². The lowest BCUT2D eigenvalue weighted by atomic mass is 10.1. The normalized spacial score (nSPS) is 15.7. The van der Waals surface area contributed by atoms with E-state index in [4.69, 9.17) is 4.74 Å². The lowest BCUT2D eigenvalue weighted by Crippen LogP contribution is -2.37. The first-order valence-corrected chi connectivity index (χ1v) is 8.94. The smallest absolute Gasteiger partial charge is 0.224 e. The van der Waals surface area contributed by atoms with E-state index in [1.807, 2.05) is 42.5 Å². The van der Waals surface area contributed by atoms with Gasteiger partial charge in [-0.1, -0.05) is 42.5 Å². The van der Waals surface area contributed by atoms with Crippen LogP contribution < -0.4 is 10.1 Å². The molecule has 4 nitrogen and oxygen atoms in total. The molecule has 1 aliphatic rings. The van der Waals surface area contributed by atoms with Crippen molar-refractivity contribution in [2.24, 2.45) is 0 Å². The van der Waals surface area contributed by atoms with Crippen molar-refractivity contribution in [3.8, 4) is 5.75 Å².